The van der Waals surface area contributed by atoms with Gasteiger partial charge in [-0.15, -0.1) is 0 Å². The third-order valence-corrected chi connectivity index (χ3v) is 3.42. The summed E-state index contributed by atoms with van der Waals surface area (Å²) in [5.41, 5.74) is 0.729. The van der Waals surface area contributed by atoms with Crippen LogP contribution in [0.4, 0.5) is 13.2 Å². The van der Waals surface area contributed by atoms with E-state index in [9.17, 15) is 18.0 Å². The number of carbonyl (C=O) groups excluding carboxylic acids is 1. The lowest BCUT2D eigenvalue weighted by atomic mass is 10.1. The van der Waals surface area contributed by atoms with Gasteiger partial charge in [-0.1, -0.05) is 30.3 Å². The Hall–Kier alpha value is -1.89. The molecule has 0 bridgehead atoms. The second-order valence-electron chi connectivity index (χ2n) is 4.63. The molecule has 1 aliphatic heterocycles. The molecule has 0 aromatic heterocycles. The summed E-state index contributed by atoms with van der Waals surface area (Å²) < 4.78 is 36.7. The molecule has 1 fully saturated rings. The normalized spacial score (nSPS) is 19.0. The maximum atomic E-state index is 12.2. The van der Waals surface area contributed by atoms with Crippen molar-refractivity contribution in [1.82, 2.24) is 10.2 Å². The molecule has 0 spiro atoms. The molecule has 21 heavy (non-hydrogen) atoms. The molecule has 1 heterocycles. The van der Waals surface area contributed by atoms with E-state index in [-0.39, 0.29) is 16.9 Å². The first-order chi connectivity index (χ1) is 9.79. The summed E-state index contributed by atoms with van der Waals surface area (Å²) in [6.07, 6.45) is -4.70. The monoisotopic (exact) mass is 314 g/mol. The first kappa shape index (κ1) is 15.5. The van der Waals surface area contributed by atoms with E-state index in [0.717, 1.165) is 11.6 Å². The number of hydrogen-bond acceptors (Lipinski definition) is 2. The maximum Gasteiger partial charge on any atom is 0.392 e. The van der Waals surface area contributed by atoms with Gasteiger partial charge in [0.25, 0.3) is 5.91 Å². The van der Waals surface area contributed by atoms with E-state index in [0.29, 0.717) is 0 Å². The van der Waals surface area contributed by atoms with E-state index in [1.54, 1.807) is 6.92 Å². The molecule has 0 aliphatic carbocycles. The first-order valence-electron chi connectivity index (χ1n) is 6.26. The maximum absolute atomic E-state index is 12.2. The van der Waals surface area contributed by atoms with Gasteiger partial charge in [0.1, 0.15) is 5.70 Å². The molecule has 0 radical (unpaired) electrons. The standard InChI is InChI=1S/C14H13F3N2OS/c1-9(10-5-3-2-4-6-10)19-12(20)11(18-13(19)21)7-8-14(15,16)17/h2-7,9H,8H2,1H3,(H,18,21)/b11-7-. The van der Waals surface area contributed by atoms with Crippen molar-refractivity contribution in [1.29, 1.82) is 0 Å². The van der Waals surface area contributed by atoms with Crippen molar-refractivity contribution in [3.8, 4) is 0 Å². The minimum Gasteiger partial charge on any atom is -0.328 e. The Morgan fingerprint density at radius 1 is 1.33 bits per heavy atom. The third-order valence-electron chi connectivity index (χ3n) is 3.12. The lowest BCUT2D eigenvalue weighted by Crippen LogP contribution is -2.33. The average molecular weight is 314 g/mol. The molecule has 1 saturated heterocycles. The summed E-state index contributed by atoms with van der Waals surface area (Å²) in [5.74, 6) is -0.541. The minimum absolute atomic E-state index is 0.116. The quantitative estimate of drug-likeness (QED) is 0.686. The molecule has 1 aromatic rings. The molecule has 0 saturated carbocycles. The van der Waals surface area contributed by atoms with Gasteiger partial charge in [0.05, 0.1) is 12.5 Å². The molecular weight excluding hydrogens is 301 g/mol. The predicted molar refractivity (Wildman–Crippen MR) is 76.2 cm³/mol. The summed E-state index contributed by atoms with van der Waals surface area (Å²) in [7, 11) is 0. The molecule has 1 amide bonds. The number of amides is 1. The SMILES string of the molecule is CC(c1ccccc1)N1C(=O)/C(=C/CC(F)(F)F)NC1=S. The molecule has 1 aliphatic rings. The van der Waals surface area contributed by atoms with Gasteiger partial charge in [-0.05, 0) is 30.8 Å². The van der Waals surface area contributed by atoms with Crippen molar-refractivity contribution >= 4 is 23.2 Å². The lowest BCUT2D eigenvalue weighted by molar-refractivity contribution is -0.126. The Bertz CT molecular complexity index is 584. The lowest BCUT2D eigenvalue weighted by Gasteiger charge is -2.23. The second kappa shape index (κ2) is 5.85. The molecule has 2 rings (SSSR count). The van der Waals surface area contributed by atoms with E-state index in [4.69, 9.17) is 12.2 Å². The van der Waals surface area contributed by atoms with Gasteiger partial charge in [-0.25, -0.2) is 0 Å². The highest BCUT2D eigenvalue weighted by Crippen LogP contribution is 2.27. The van der Waals surface area contributed by atoms with Gasteiger partial charge in [-0.3, -0.25) is 9.69 Å². The molecule has 1 atom stereocenters. The van der Waals surface area contributed by atoms with Crippen molar-refractivity contribution in [3.63, 3.8) is 0 Å². The zero-order valence-electron chi connectivity index (χ0n) is 11.1. The van der Waals surface area contributed by atoms with Gasteiger partial charge in [0.15, 0.2) is 5.11 Å². The van der Waals surface area contributed by atoms with E-state index < -0.39 is 18.5 Å². The summed E-state index contributed by atoms with van der Waals surface area (Å²) in [4.78, 5) is 13.5. The topological polar surface area (TPSA) is 32.3 Å². The van der Waals surface area contributed by atoms with Crippen molar-refractivity contribution in [2.24, 2.45) is 0 Å². The van der Waals surface area contributed by atoms with Gasteiger partial charge in [-0.2, -0.15) is 13.2 Å². The Balaban J connectivity index is 2.19. The molecule has 3 nitrogen and oxygen atoms in total. The van der Waals surface area contributed by atoms with Gasteiger partial charge >= 0.3 is 6.18 Å². The largest absolute Gasteiger partial charge is 0.392 e. The molecule has 1 N–H and O–H groups in total. The van der Waals surface area contributed by atoms with Crippen molar-refractivity contribution in [2.75, 3.05) is 0 Å². The number of rotatable bonds is 3. The number of alkyl halides is 3. The van der Waals surface area contributed by atoms with Crippen LogP contribution >= 0.6 is 12.2 Å². The fourth-order valence-electron chi connectivity index (χ4n) is 2.04. The van der Waals surface area contributed by atoms with Crippen LogP contribution in [0.3, 0.4) is 0 Å². The van der Waals surface area contributed by atoms with Crippen LogP contribution in [-0.2, 0) is 4.79 Å². The van der Waals surface area contributed by atoms with Crippen molar-refractivity contribution in [3.05, 3.63) is 47.7 Å². The molecule has 1 unspecified atom stereocenters. The number of allylic oxidation sites excluding steroid dienone is 1. The average Bonchev–Trinajstić information content (AvgIpc) is 2.71. The van der Waals surface area contributed by atoms with Crippen LogP contribution in [0.2, 0.25) is 0 Å². The highest BCUT2D eigenvalue weighted by molar-refractivity contribution is 7.80. The van der Waals surface area contributed by atoms with Crippen LogP contribution in [0.1, 0.15) is 24.9 Å². The fourth-order valence-corrected chi connectivity index (χ4v) is 2.39. The number of halogens is 3. The molecule has 1 aromatic carbocycles. The summed E-state index contributed by atoms with van der Waals surface area (Å²) in [6, 6.07) is 8.80. The van der Waals surface area contributed by atoms with E-state index in [1.807, 2.05) is 30.3 Å². The fraction of sp³-hybridized carbons (Fsp3) is 0.286. The zero-order valence-corrected chi connectivity index (χ0v) is 12.0. The van der Waals surface area contributed by atoms with Crippen LogP contribution in [0.25, 0.3) is 0 Å². The Labute approximate surface area is 125 Å². The predicted octanol–water partition coefficient (Wildman–Crippen LogP) is 3.30. The van der Waals surface area contributed by atoms with Gasteiger partial charge in [0, 0.05) is 0 Å². The molecule has 7 heteroatoms. The first-order valence-corrected chi connectivity index (χ1v) is 6.67. The molecule has 112 valence electrons. The highest BCUT2D eigenvalue weighted by Gasteiger charge is 2.36. The summed E-state index contributed by atoms with van der Waals surface area (Å²) >= 11 is 5.05. The van der Waals surface area contributed by atoms with Gasteiger partial charge < -0.3 is 5.32 Å². The number of thiocarbonyl (C=S) groups is 1. The van der Waals surface area contributed by atoms with Crippen molar-refractivity contribution < 1.29 is 18.0 Å². The second-order valence-corrected chi connectivity index (χ2v) is 5.02. The number of nitrogens with one attached hydrogen (secondary N) is 1. The van der Waals surface area contributed by atoms with Gasteiger partial charge in [0.2, 0.25) is 0 Å². The Morgan fingerprint density at radius 3 is 2.52 bits per heavy atom. The van der Waals surface area contributed by atoms with E-state index in [1.165, 1.54) is 4.90 Å². The number of carbonyl (C=O) groups is 1. The van der Waals surface area contributed by atoms with Crippen LogP contribution in [0, 0.1) is 0 Å². The van der Waals surface area contributed by atoms with Crippen molar-refractivity contribution in [2.45, 2.75) is 25.6 Å². The zero-order chi connectivity index (χ0) is 15.6. The van der Waals surface area contributed by atoms with Crippen LogP contribution in [0.15, 0.2) is 42.1 Å². The van der Waals surface area contributed by atoms with Crippen LogP contribution < -0.4 is 5.32 Å². The van der Waals surface area contributed by atoms with E-state index >= 15 is 0 Å². The summed E-state index contributed by atoms with van der Waals surface area (Å²) in [6.45, 7) is 1.77. The van der Waals surface area contributed by atoms with Crippen LogP contribution in [0.5, 0.6) is 0 Å². The Kier molecular flexibility index (Phi) is 4.32. The number of hydrogen-bond donors (Lipinski definition) is 1. The Morgan fingerprint density at radius 2 is 1.95 bits per heavy atom. The van der Waals surface area contributed by atoms with E-state index in [2.05, 4.69) is 5.32 Å². The number of nitrogens with zero attached hydrogens (tertiary/aromatic N) is 1. The minimum atomic E-state index is -4.35. The van der Waals surface area contributed by atoms with Crippen LogP contribution in [-0.4, -0.2) is 22.1 Å². The third kappa shape index (κ3) is 3.60. The summed E-state index contributed by atoms with van der Waals surface area (Å²) in [5, 5.41) is 2.66. The highest BCUT2D eigenvalue weighted by atomic mass is 32.1. The molecular formula is C14H13F3N2OS. The smallest absolute Gasteiger partial charge is 0.328 e. The number of benzene rings is 1.